The van der Waals surface area contributed by atoms with Gasteiger partial charge in [0.05, 0.1) is 12.2 Å². The molecule has 0 radical (unpaired) electrons. The topological polar surface area (TPSA) is 110 Å². The van der Waals surface area contributed by atoms with E-state index in [9.17, 15) is 9.59 Å². The molecule has 9 heteroatoms. The Hall–Kier alpha value is -2.73. The predicted molar refractivity (Wildman–Crippen MR) is 94.8 cm³/mol. The summed E-state index contributed by atoms with van der Waals surface area (Å²) in [7, 11) is 0. The van der Waals surface area contributed by atoms with Gasteiger partial charge in [0, 0.05) is 4.88 Å². The van der Waals surface area contributed by atoms with Crippen LogP contribution in [0.4, 0.5) is 5.00 Å². The summed E-state index contributed by atoms with van der Waals surface area (Å²) in [6, 6.07) is 1.81. The Bertz CT molecular complexity index is 880. The van der Waals surface area contributed by atoms with Crippen molar-refractivity contribution in [2.75, 3.05) is 11.9 Å². The maximum Gasteiger partial charge on any atom is 0.341 e. The van der Waals surface area contributed by atoms with Gasteiger partial charge in [-0.15, -0.1) is 16.4 Å². The van der Waals surface area contributed by atoms with Crippen molar-refractivity contribution in [3.63, 3.8) is 0 Å². The van der Waals surface area contributed by atoms with Crippen molar-refractivity contribution in [3.8, 4) is 6.07 Å². The highest BCUT2D eigenvalue weighted by molar-refractivity contribution is 7.17. The van der Waals surface area contributed by atoms with Crippen molar-refractivity contribution in [1.82, 2.24) is 14.8 Å². The van der Waals surface area contributed by atoms with E-state index in [1.54, 1.807) is 6.92 Å². The third kappa shape index (κ3) is 3.75. The van der Waals surface area contributed by atoms with E-state index in [1.807, 2.05) is 6.07 Å². The van der Waals surface area contributed by atoms with Crippen LogP contribution in [-0.4, -0.2) is 33.2 Å². The number of aromatic nitrogens is 3. The van der Waals surface area contributed by atoms with Gasteiger partial charge in [-0.1, -0.05) is 6.92 Å². The van der Waals surface area contributed by atoms with Gasteiger partial charge >= 0.3 is 5.97 Å². The summed E-state index contributed by atoms with van der Waals surface area (Å²) < 4.78 is 6.48. The average molecular weight is 373 g/mol. The number of rotatable bonds is 5. The summed E-state index contributed by atoms with van der Waals surface area (Å²) in [5, 5.41) is 15.9. The van der Waals surface area contributed by atoms with E-state index in [0.29, 0.717) is 16.5 Å². The maximum atomic E-state index is 12.4. The van der Waals surface area contributed by atoms with Crippen LogP contribution in [0.1, 0.15) is 46.9 Å². The minimum Gasteiger partial charge on any atom is -0.462 e. The van der Waals surface area contributed by atoms with Gasteiger partial charge in [-0.2, -0.15) is 5.26 Å². The lowest BCUT2D eigenvalue weighted by molar-refractivity contribution is -0.116. The molecule has 0 spiro atoms. The zero-order valence-corrected chi connectivity index (χ0v) is 15.4. The van der Waals surface area contributed by atoms with E-state index < -0.39 is 5.97 Å². The third-order valence-electron chi connectivity index (χ3n) is 4.19. The van der Waals surface area contributed by atoms with E-state index in [0.717, 1.165) is 29.7 Å². The van der Waals surface area contributed by atoms with E-state index in [2.05, 4.69) is 22.3 Å². The largest absolute Gasteiger partial charge is 0.462 e. The number of fused-ring (bicyclic) bond motifs is 1. The van der Waals surface area contributed by atoms with Gasteiger partial charge in [-0.05, 0) is 37.7 Å². The number of nitrogens with one attached hydrogen (secondary N) is 1. The Morgan fingerprint density at radius 2 is 2.35 bits per heavy atom. The van der Waals surface area contributed by atoms with Gasteiger partial charge < -0.3 is 10.1 Å². The molecule has 2 aromatic heterocycles. The molecule has 0 unspecified atom stereocenters. The molecule has 1 N–H and O–H groups in total. The van der Waals surface area contributed by atoms with Crippen molar-refractivity contribution in [1.29, 1.82) is 5.26 Å². The number of esters is 1. The molecule has 0 aliphatic heterocycles. The number of amides is 1. The molecule has 2 aromatic rings. The molecule has 1 amide bonds. The van der Waals surface area contributed by atoms with Crippen LogP contribution in [-0.2, 0) is 28.9 Å². The fourth-order valence-electron chi connectivity index (χ4n) is 2.99. The Labute approximate surface area is 154 Å². The number of carbonyl (C=O) groups is 2. The highest BCUT2D eigenvalue weighted by Gasteiger charge is 2.29. The standard InChI is InChI=1S/C17H19N5O3S/c1-3-25-17(24)15-11-5-4-10(2)6-12(11)26-16(15)20-14(23)8-22-9-19-13(7-18)21-22/h9-10H,3-6,8H2,1-2H3,(H,20,23)/t10-/m0/s1. The number of nitrogens with zero attached hydrogens (tertiary/aromatic N) is 4. The zero-order valence-electron chi connectivity index (χ0n) is 14.6. The molecule has 3 rings (SSSR count). The van der Waals surface area contributed by atoms with Crippen molar-refractivity contribution < 1.29 is 14.3 Å². The van der Waals surface area contributed by atoms with E-state index >= 15 is 0 Å². The predicted octanol–water partition coefficient (Wildman–Crippen LogP) is 2.15. The summed E-state index contributed by atoms with van der Waals surface area (Å²) in [5.41, 5.74) is 1.47. The SMILES string of the molecule is CCOC(=O)c1c(NC(=O)Cn2cnc(C#N)n2)sc2c1CC[C@H](C)C2. The van der Waals surface area contributed by atoms with Crippen molar-refractivity contribution in [2.24, 2.45) is 5.92 Å². The highest BCUT2D eigenvalue weighted by atomic mass is 32.1. The van der Waals surface area contributed by atoms with Crippen molar-refractivity contribution in [2.45, 2.75) is 39.7 Å². The Morgan fingerprint density at radius 3 is 3.04 bits per heavy atom. The minimum atomic E-state index is -0.401. The van der Waals surface area contributed by atoms with Gasteiger partial charge in [0.15, 0.2) is 0 Å². The van der Waals surface area contributed by atoms with E-state index in [4.69, 9.17) is 10.00 Å². The molecule has 0 saturated carbocycles. The van der Waals surface area contributed by atoms with Crippen molar-refractivity contribution in [3.05, 3.63) is 28.2 Å². The summed E-state index contributed by atoms with van der Waals surface area (Å²) in [5.74, 6) is -0.177. The number of nitriles is 1. The summed E-state index contributed by atoms with van der Waals surface area (Å²) in [6.07, 6.45) is 4.05. The first-order valence-electron chi connectivity index (χ1n) is 8.42. The third-order valence-corrected chi connectivity index (χ3v) is 5.36. The van der Waals surface area contributed by atoms with E-state index in [1.165, 1.54) is 22.3 Å². The molecule has 1 aliphatic rings. The van der Waals surface area contributed by atoms with E-state index in [-0.39, 0.29) is 24.9 Å². The highest BCUT2D eigenvalue weighted by Crippen LogP contribution is 2.40. The first-order valence-corrected chi connectivity index (χ1v) is 9.24. The van der Waals surface area contributed by atoms with Crippen LogP contribution in [0.5, 0.6) is 0 Å². The Balaban J connectivity index is 1.82. The molecule has 0 saturated heterocycles. The summed E-state index contributed by atoms with van der Waals surface area (Å²) in [4.78, 5) is 29.7. The molecule has 0 bridgehead atoms. The smallest absolute Gasteiger partial charge is 0.341 e. The summed E-state index contributed by atoms with van der Waals surface area (Å²) in [6.45, 7) is 4.13. The van der Waals surface area contributed by atoms with Crippen LogP contribution in [0.2, 0.25) is 0 Å². The minimum absolute atomic E-state index is 0.00517. The molecule has 136 valence electrons. The monoisotopic (exact) mass is 373 g/mol. The molecular formula is C17H19N5O3S. The number of thiophene rings is 1. The second-order valence-electron chi connectivity index (χ2n) is 6.20. The van der Waals surface area contributed by atoms with Gasteiger partial charge in [-0.3, -0.25) is 4.79 Å². The van der Waals surface area contributed by atoms with Gasteiger partial charge in [0.25, 0.3) is 5.82 Å². The normalized spacial score (nSPS) is 15.8. The van der Waals surface area contributed by atoms with Crippen LogP contribution in [0.15, 0.2) is 6.33 Å². The quantitative estimate of drug-likeness (QED) is 0.804. The first-order chi connectivity index (χ1) is 12.5. The molecule has 2 heterocycles. The molecule has 0 fully saturated rings. The van der Waals surface area contributed by atoms with Crippen LogP contribution >= 0.6 is 11.3 Å². The molecule has 26 heavy (non-hydrogen) atoms. The lowest BCUT2D eigenvalue weighted by atomic mass is 9.88. The second kappa shape index (κ2) is 7.66. The first kappa shape index (κ1) is 18.1. The fourth-order valence-corrected chi connectivity index (χ4v) is 4.41. The number of ether oxygens (including phenoxy) is 1. The van der Waals surface area contributed by atoms with Crippen LogP contribution in [0, 0.1) is 17.2 Å². The number of carbonyl (C=O) groups excluding carboxylic acids is 2. The van der Waals surface area contributed by atoms with Gasteiger partial charge in [-0.25, -0.2) is 14.5 Å². The van der Waals surface area contributed by atoms with Crippen LogP contribution < -0.4 is 5.32 Å². The Kier molecular flexibility index (Phi) is 5.32. The maximum absolute atomic E-state index is 12.4. The molecule has 0 aromatic carbocycles. The molecule has 8 nitrogen and oxygen atoms in total. The van der Waals surface area contributed by atoms with Gasteiger partial charge in [0.1, 0.15) is 23.9 Å². The average Bonchev–Trinajstić information content (AvgIpc) is 3.18. The molecular weight excluding hydrogens is 354 g/mol. The van der Waals surface area contributed by atoms with Crippen LogP contribution in [0.25, 0.3) is 0 Å². The molecule has 1 aliphatic carbocycles. The number of hydrogen-bond donors (Lipinski definition) is 1. The number of anilines is 1. The second-order valence-corrected chi connectivity index (χ2v) is 7.31. The Morgan fingerprint density at radius 1 is 1.54 bits per heavy atom. The number of hydrogen-bond acceptors (Lipinski definition) is 7. The lowest BCUT2D eigenvalue weighted by Crippen LogP contribution is -2.20. The fraction of sp³-hybridized carbons (Fsp3) is 0.471. The van der Waals surface area contributed by atoms with Crippen molar-refractivity contribution >= 4 is 28.2 Å². The van der Waals surface area contributed by atoms with Gasteiger partial charge in [0.2, 0.25) is 5.91 Å². The lowest BCUT2D eigenvalue weighted by Gasteiger charge is -2.18. The zero-order chi connectivity index (χ0) is 18.7. The molecule has 1 atom stereocenters. The van der Waals surface area contributed by atoms with Crippen LogP contribution in [0.3, 0.4) is 0 Å². The summed E-state index contributed by atoms with van der Waals surface area (Å²) >= 11 is 1.44.